The second-order valence-electron chi connectivity index (χ2n) is 6.58. The fourth-order valence-electron chi connectivity index (χ4n) is 3.56. The van der Waals surface area contributed by atoms with Crippen LogP contribution in [0.25, 0.3) is 0 Å². The summed E-state index contributed by atoms with van der Waals surface area (Å²) in [7, 11) is 0. The van der Waals surface area contributed by atoms with Crippen LogP contribution in [-0.2, 0) is 11.3 Å². The minimum absolute atomic E-state index is 0.0945. The first-order chi connectivity index (χ1) is 11.6. The van der Waals surface area contributed by atoms with Crippen molar-refractivity contribution in [2.75, 3.05) is 25.0 Å². The number of thiazole rings is 1. The van der Waals surface area contributed by atoms with E-state index < -0.39 is 5.82 Å². The molecule has 4 heterocycles. The van der Waals surface area contributed by atoms with Gasteiger partial charge in [-0.05, 0) is 13.3 Å². The minimum Gasteiger partial charge on any atom is -0.371 e. The molecule has 2 atom stereocenters. The number of hydrogen-bond donors (Lipinski definition) is 1. The molecule has 2 aliphatic heterocycles. The van der Waals surface area contributed by atoms with Crippen LogP contribution in [0.2, 0.25) is 0 Å². The second-order valence-corrected chi connectivity index (χ2v) is 7.65. The number of aromatic nitrogens is 3. The monoisotopic (exact) mass is 349 g/mol. The summed E-state index contributed by atoms with van der Waals surface area (Å²) < 4.78 is 19.0. The lowest BCUT2D eigenvalue weighted by Crippen LogP contribution is -2.33. The summed E-state index contributed by atoms with van der Waals surface area (Å²) in [5.41, 5.74) is 1.05. The van der Waals surface area contributed by atoms with E-state index in [2.05, 4.69) is 30.5 Å². The topological polar surface area (TPSA) is 63.2 Å². The highest BCUT2D eigenvalue weighted by molar-refractivity contribution is 7.09. The maximum Gasteiger partial charge on any atom is 0.223 e. The molecule has 0 saturated carbocycles. The maximum absolute atomic E-state index is 12.9. The number of anilines is 1. The predicted molar refractivity (Wildman–Crippen MR) is 89.4 cm³/mol. The van der Waals surface area contributed by atoms with E-state index >= 15 is 0 Å². The molecular weight excluding hydrogens is 329 g/mol. The molecule has 128 valence electrons. The molecule has 6 nitrogen and oxygen atoms in total. The number of halogens is 1. The molecule has 1 spiro atoms. The number of likely N-dealkylation sites (tertiary alicyclic amines) is 1. The van der Waals surface area contributed by atoms with E-state index in [0.29, 0.717) is 12.6 Å². The highest BCUT2D eigenvalue weighted by atomic mass is 32.1. The molecule has 4 rings (SSSR count). The molecular formula is C16H20FN5OS. The Labute approximate surface area is 144 Å². The number of nitrogens with zero attached hydrogens (tertiary/aromatic N) is 4. The van der Waals surface area contributed by atoms with E-state index in [4.69, 9.17) is 4.74 Å². The molecule has 0 bridgehead atoms. The average molecular weight is 349 g/mol. The number of aryl methyl sites for hydroxylation is 1. The molecule has 2 fully saturated rings. The summed E-state index contributed by atoms with van der Waals surface area (Å²) in [6.07, 6.45) is 4.29. The van der Waals surface area contributed by atoms with Gasteiger partial charge in [-0.15, -0.1) is 11.3 Å². The lowest BCUT2D eigenvalue weighted by molar-refractivity contribution is 0.0119. The summed E-state index contributed by atoms with van der Waals surface area (Å²) in [5.74, 6) is 0.0262. The van der Waals surface area contributed by atoms with Gasteiger partial charge in [-0.3, -0.25) is 4.90 Å². The van der Waals surface area contributed by atoms with Gasteiger partial charge < -0.3 is 10.1 Å². The summed E-state index contributed by atoms with van der Waals surface area (Å²) in [6.45, 7) is 5.49. The average Bonchev–Trinajstić information content (AvgIpc) is 3.25. The summed E-state index contributed by atoms with van der Waals surface area (Å²) in [6, 6.07) is 0.164. The van der Waals surface area contributed by atoms with Crippen molar-refractivity contribution in [2.24, 2.45) is 0 Å². The van der Waals surface area contributed by atoms with Gasteiger partial charge in [0.15, 0.2) is 5.82 Å². The van der Waals surface area contributed by atoms with Gasteiger partial charge in [0.05, 0.1) is 41.3 Å². The minimum atomic E-state index is -0.427. The van der Waals surface area contributed by atoms with Crippen LogP contribution in [0.1, 0.15) is 23.5 Å². The summed E-state index contributed by atoms with van der Waals surface area (Å²) in [4.78, 5) is 14.9. The molecule has 0 unspecified atom stereocenters. The van der Waals surface area contributed by atoms with E-state index in [9.17, 15) is 4.39 Å². The van der Waals surface area contributed by atoms with Gasteiger partial charge in [-0.2, -0.15) is 0 Å². The van der Waals surface area contributed by atoms with Crippen molar-refractivity contribution in [2.45, 2.75) is 38.0 Å². The highest BCUT2D eigenvalue weighted by Gasteiger charge is 2.45. The summed E-state index contributed by atoms with van der Waals surface area (Å²) >= 11 is 1.69. The Morgan fingerprint density at radius 2 is 2.29 bits per heavy atom. The third-order valence-electron chi connectivity index (χ3n) is 4.61. The first kappa shape index (κ1) is 15.9. The van der Waals surface area contributed by atoms with Crippen molar-refractivity contribution in [1.82, 2.24) is 19.9 Å². The Morgan fingerprint density at radius 1 is 1.46 bits per heavy atom. The van der Waals surface area contributed by atoms with Gasteiger partial charge >= 0.3 is 0 Å². The standard InChI is InChI=1S/C16H20FN5OS/c1-11-20-14(9-24-11)7-22-3-2-16(10-22)4-13(8-23-16)21-15-18-5-12(17)6-19-15/h5-6,9,13H,2-4,7-8,10H2,1H3,(H,18,19,21)/t13-,16+/m0/s1. The van der Waals surface area contributed by atoms with Crippen molar-refractivity contribution in [3.63, 3.8) is 0 Å². The van der Waals surface area contributed by atoms with Crippen LogP contribution in [0.15, 0.2) is 17.8 Å². The van der Waals surface area contributed by atoms with Gasteiger partial charge in [0.1, 0.15) is 0 Å². The Bertz CT molecular complexity index is 709. The predicted octanol–water partition coefficient (Wildman–Crippen LogP) is 2.23. The fourth-order valence-corrected chi connectivity index (χ4v) is 4.17. The SMILES string of the molecule is Cc1nc(CN2CC[C@@]3(C[C@H](Nc4ncc(F)cn4)CO3)C2)cs1. The van der Waals surface area contributed by atoms with Crippen LogP contribution in [0.5, 0.6) is 0 Å². The lowest BCUT2D eigenvalue weighted by Gasteiger charge is -2.23. The van der Waals surface area contributed by atoms with Gasteiger partial charge in [0.2, 0.25) is 5.95 Å². The van der Waals surface area contributed by atoms with E-state index in [1.54, 1.807) is 11.3 Å². The molecule has 0 aromatic carbocycles. The van der Waals surface area contributed by atoms with Gasteiger partial charge in [0.25, 0.3) is 0 Å². The zero-order chi connectivity index (χ0) is 16.6. The van der Waals surface area contributed by atoms with E-state index in [1.165, 1.54) is 12.4 Å². The van der Waals surface area contributed by atoms with Crippen LogP contribution in [0.3, 0.4) is 0 Å². The molecule has 0 amide bonds. The molecule has 2 aromatic heterocycles. The maximum atomic E-state index is 12.9. The van der Waals surface area contributed by atoms with Crippen molar-refractivity contribution < 1.29 is 9.13 Å². The third-order valence-corrected chi connectivity index (χ3v) is 5.43. The van der Waals surface area contributed by atoms with Crippen LogP contribution in [-0.4, -0.2) is 51.2 Å². The van der Waals surface area contributed by atoms with Crippen molar-refractivity contribution >= 4 is 17.3 Å². The Balaban J connectivity index is 1.33. The zero-order valence-corrected chi connectivity index (χ0v) is 14.4. The molecule has 2 aromatic rings. The lowest BCUT2D eigenvalue weighted by atomic mass is 9.97. The van der Waals surface area contributed by atoms with Crippen molar-refractivity contribution in [1.29, 1.82) is 0 Å². The normalized spacial score (nSPS) is 27.2. The molecule has 2 saturated heterocycles. The van der Waals surface area contributed by atoms with E-state index in [1.807, 2.05) is 6.92 Å². The second kappa shape index (κ2) is 6.34. The molecule has 0 radical (unpaired) electrons. The third kappa shape index (κ3) is 3.40. The Kier molecular flexibility index (Phi) is 4.19. The van der Waals surface area contributed by atoms with E-state index in [-0.39, 0.29) is 11.6 Å². The molecule has 0 aliphatic carbocycles. The molecule has 1 N–H and O–H groups in total. The Hall–Kier alpha value is -1.64. The van der Waals surface area contributed by atoms with Gasteiger partial charge in [-0.1, -0.05) is 0 Å². The van der Waals surface area contributed by atoms with Crippen LogP contribution in [0, 0.1) is 12.7 Å². The highest BCUT2D eigenvalue weighted by Crippen LogP contribution is 2.36. The molecule has 8 heteroatoms. The summed E-state index contributed by atoms with van der Waals surface area (Å²) in [5, 5.41) is 6.49. The van der Waals surface area contributed by atoms with Crippen LogP contribution < -0.4 is 5.32 Å². The van der Waals surface area contributed by atoms with Crippen molar-refractivity contribution in [3.05, 3.63) is 34.3 Å². The number of ether oxygens (including phenoxy) is 1. The van der Waals surface area contributed by atoms with E-state index in [0.717, 1.165) is 43.2 Å². The van der Waals surface area contributed by atoms with Gasteiger partial charge in [0, 0.05) is 31.4 Å². The molecule has 24 heavy (non-hydrogen) atoms. The van der Waals surface area contributed by atoms with Crippen LogP contribution in [0.4, 0.5) is 10.3 Å². The molecule has 2 aliphatic rings. The van der Waals surface area contributed by atoms with Gasteiger partial charge in [-0.25, -0.2) is 19.3 Å². The smallest absolute Gasteiger partial charge is 0.223 e. The van der Waals surface area contributed by atoms with Crippen LogP contribution >= 0.6 is 11.3 Å². The first-order valence-corrected chi connectivity index (χ1v) is 9.00. The fraction of sp³-hybridized carbons (Fsp3) is 0.562. The van der Waals surface area contributed by atoms with Crippen molar-refractivity contribution in [3.8, 4) is 0 Å². The number of hydrogen-bond acceptors (Lipinski definition) is 7. The number of nitrogens with one attached hydrogen (secondary N) is 1. The largest absolute Gasteiger partial charge is 0.371 e. The zero-order valence-electron chi connectivity index (χ0n) is 13.5. The Morgan fingerprint density at radius 3 is 3.04 bits per heavy atom. The number of rotatable bonds is 4. The first-order valence-electron chi connectivity index (χ1n) is 8.12. The quantitative estimate of drug-likeness (QED) is 0.913.